The second kappa shape index (κ2) is 5.83. The SMILES string of the molecule is Cc1ccc(N2CCOCC2)c(CC(C)(C)C(=O)O)c1. The molecule has 110 valence electrons. The predicted molar refractivity (Wildman–Crippen MR) is 79.3 cm³/mol. The average Bonchev–Trinajstić information content (AvgIpc) is 2.39. The molecule has 0 bridgehead atoms. The zero-order valence-corrected chi connectivity index (χ0v) is 12.5. The number of carbonyl (C=O) groups is 1. The van der Waals surface area contributed by atoms with Crippen molar-refractivity contribution < 1.29 is 14.6 Å². The summed E-state index contributed by atoms with van der Waals surface area (Å²) in [4.78, 5) is 13.7. The van der Waals surface area contributed by atoms with Gasteiger partial charge in [0.2, 0.25) is 0 Å². The summed E-state index contributed by atoms with van der Waals surface area (Å²) in [6, 6.07) is 6.30. The summed E-state index contributed by atoms with van der Waals surface area (Å²) in [6.45, 7) is 8.79. The van der Waals surface area contributed by atoms with E-state index in [1.807, 2.05) is 6.92 Å². The Bertz CT molecular complexity index is 490. The van der Waals surface area contributed by atoms with Crippen LogP contribution in [-0.2, 0) is 16.0 Å². The minimum Gasteiger partial charge on any atom is -0.481 e. The molecular weight excluding hydrogens is 254 g/mol. The summed E-state index contributed by atoms with van der Waals surface area (Å²) in [5.41, 5.74) is 2.67. The lowest BCUT2D eigenvalue weighted by Gasteiger charge is -2.32. The van der Waals surface area contributed by atoms with Gasteiger partial charge in [-0.05, 0) is 38.8 Å². The summed E-state index contributed by atoms with van der Waals surface area (Å²) in [5, 5.41) is 9.34. The molecule has 4 nitrogen and oxygen atoms in total. The lowest BCUT2D eigenvalue weighted by atomic mass is 9.84. The van der Waals surface area contributed by atoms with E-state index in [0.29, 0.717) is 6.42 Å². The van der Waals surface area contributed by atoms with Crippen LogP contribution in [0.1, 0.15) is 25.0 Å². The normalized spacial score (nSPS) is 16.2. The first kappa shape index (κ1) is 14.9. The molecule has 0 spiro atoms. The van der Waals surface area contributed by atoms with E-state index in [2.05, 4.69) is 23.1 Å². The highest BCUT2D eigenvalue weighted by atomic mass is 16.5. The molecule has 0 aromatic heterocycles. The first-order valence-electron chi connectivity index (χ1n) is 7.06. The van der Waals surface area contributed by atoms with Crippen LogP contribution < -0.4 is 4.90 Å². The molecule has 1 aliphatic rings. The molecule has 1 saturated heterocycles. The second-order valence-corrected chi connectivity index (χ2v) is 6.10. The molecular formula is C16H23NO3. The fourth-order valence-corrected chi connectivity index (χ4v) is 2.52. The molecule has 2 rings (SSSR count). The third-order valence-corrected chi connectivity index (χ3v) is 3.80. The van der Waals surface area contributed by atoms with Gasteiger partial charge in [0, 0.05) is 18.8 Å². The van der Waals surface area contributed by atoms with Crippen LogP contribution in [-0.4, -0.2) is 37.4 Å². The van der Waals surface area contributed by atoms with Crippen molar-refractivity contribution in [1.82, 2.24) is 0 Å². The van der Waals surface area contributed by atoms with Gasteiger partial charge in [0.1, 0.15) is 0 Å². The van der Waals surface area contributed by atoms with E-state index in [1.54, 1.807) is 13.8 Å². The summed E-state index contributed by atoms with van der Waals surface area (Å²) in [5.74, 6) is -0.757. The molecule has 0 atom stereocenters. The number of aliphatic carboxylic acids is 1. The molecule has 0 aliphatic carbocycles. The number of ether oxygens (including phenoxy) is 1. The van der Waals surface area contributed by atoms with Crippen LogP contribution in [0.3, 0.4) is 0 Å². The second-order valence-electron chi connectivity index (χ2n) is 6.10. The maximum atomic E-state index is 11.4. The van der Waals surface area contributed by atoms with Crippen LogP contribution in [0.25, 0.3) is 0 Å². The van der Waals surface area contributed by atoms with Crippen molar-refractivity contribution in [3.63, 3.8) is 0 Å². The highest BCUT2D eigenvalue weighted by Crippen LogP contribution is 2.30. The highest BCUT2D eigenvalue weighted by molar-refractivity contribution is 5.74. The maximum absolute atomic E-state index is 11.4. The molecule has 1 fully saturated rings. The molecule has 20 heavy (non-hydrogen) atoms. The van der Waals surface area contributed by atoms with Crippen molar-refractivity contribution in [2.75, 3.05) is 31.2 Å². The lowest BCUT2D eigenvalue weighted by molar-refractivity contribution is -0.146. The Kier molecular flexibility index (Phi) is 4.33. The van der Waals surface area contributed by atoms with E-state index in [9.17, 15) is 9.90 Å². The predicted octanol–water partition coefficient (Wildman–Crippen LogP) is 2.48. The first-order chi connectivity index (χ1) is 9.40. The number of hydrogen-bond donors (Lipinski definition) is 1. The number of anilines is 1. The minimum absolute atomic E-state index is 0.538. The zero-order chi connectivity index (χ0) is 14.8. The Morgan fingerprint density at radius 3 is 2.60 bits per heavy atom. The lowest BCUT2D eigenvalue weighted by Crippen LogP contribution is -2.37. The van der Waals surface area contributed by atoms with Gasteiger partial charge >= 0.3 is 5.97 Å². The van der Waals surface area contributed by atoms with Crippen molar-refractivity contribution in [3.05, 3.63) is 29.3 Å². The Hall–Kier alpha value is -1.55. The van der Waals surface area contributed by atoms with E-state index in [4.69, 9.17) is 4.74 Å². The Labute approximate surface area is 120 Å². The van der Waals surface area contributed by atoms with E-state index in [0.717, 1.165) is 43.1 Å². The first-order valence-corrected chi connectivity index (χ1v) is 7.06. The molecule has 4 heteroatoms. The van der Waals surface area contributed by atoms with Crippen LogP contribution in [0.5, 0.6) is 0 Å². The molecule has 0 unspecified atom stereocenters. The van der Waals surface area contributed by atoms with Crippen molar-refractivity contribution in [3.8, 4) is 0 Å². The fraction of sp³-hybridized carbons (Fsp3) is 0.562. The minimum atomic E-state index is -0.757. The molecule has 0 saturated carbocycles. The number of benzene rings is 1. The van der Waals surface area contributed by atoms with Gasteiger partial charge in [0.15, 0.2) is 0 Å². The van der Waals surface area contributed by atoms with Crippen LogP contribution in [0.15, 0.2) is 18.2 Å². The molecule has 1 aliphatic heterocycles. The quantitative estimate of drug-likeness (QED) is 0.918. The molecule has 1 aromatic carbocycles. The Balaban J connectivity index is 2.30. The van der Waals surface area contributed by atoms with Crippen molar-refractivity contribution in [2.24, 2.45) is 5.41 Å². The highest BCUT2D eigenvalue weighted by Gasteiger charge is 2.29. The van der Waals surface area contributed by atoms with E-state index >= 15 is 0 Å². The third-order valence-electron chi connectivity index (χ3n) is 3.80. The number of carboxylic acid groups (broad SMARTS) is 1. The van der Waals surface area contributed by atoms with Gasteiger partial charge in [-0.3, -0.25) is 4.79 Å². The van der Waals surface area contributed by atoms with Gasteiger partial charge in [-0.15, -0.1) is 0 Å². The maximum Gasteiger partial charge on any atom is 0.309 e. The van der Waals surface area contributed by atoms with Gasteiger partial charge in [0.25, 0.3) is 0 Å². The van der Waals surface area contributed by atoms with Gasteiger partial charge in [-0.1, -0.05) is 17.7 Å². The van der Waals surface area contributed by atoms with E-state index < -0.39 is 11.4 Å². The topological polar surface area (TPSA) is 49.8 Å². The van der Waals surface area contributed by atoms with E-state index in [1.165, 1.54) is 0 Å². The number of rotatable bonds is 4. The number of morpholine rings is 1. The van der Waals surface area contributed by atoms with Gasteiger partial charge < -0.3 is 14.7 Å². The number of nitrogens with zero attached hydrogens (tertiary/aromatic N) is 1. The van der Waals surface area contributed by atoms with Crippen LogP contribution >= 0.6 is 0 Å². The van der Waals surface area contributed by atoms with Crippen LogP contribution in [0, 0.1) is 12.3 Å². The summed E-state index contributed by atoms with van der Waals surface area (Å²) < 4.78 is 5.39. The standard InChI is InChI=1S/C16H23NO3/c1-12-4-5-14(17-6-8-20-9-7-17)13(10-12)11-16(2,3)15(18)19/h4-5,10H,6-9,11H2,1-3H3,(H,18,19). The molecule has 0 radical (unpaired) electrons. The molecule has 0 amide bonds. The Morgan fingerprint density at radius 1 is 1.35 bits per heavy atom. The largest absolute Gasteiger partial charge is 0.481 e. The van der Waals surface area contributed by atoms with Crippen LogP contribution in [0.2, 0.25) is 0 Å². The average molecular weight is 277 g/mol. The number of aryl methyl sites for hydroxylation is 1. The van der Waals surface area contributed by atoms with E-state index in [-0.39, 0.29) is 0 Å². The Morgan fingerprint density at radius 2 is 2.00 bits per heavy atom. The zero-order valence-electron chi connectivity index (χ0n) is 12.5. The number of hydrogen-bond acceptors (Lipinski definition) is 3. The molecule has 1 aromatic rings. The van der Waals surface area contributed by atoms with Crippen molar-refractivity contribution in [1.29, 1.82) is 0 Å². The van der Waals surface area contributed by atoms with Crippen molar-refractivity contribution >= 4 is 11.7 Å². The third kappa shape index (κ3) is 3.31. The van der Waals surface area contributed by atoms with Crippen molar-refractivity contribution in [2.45, 2.75) is 27.2 Å². The van der Waals surface area contributed by atoms with Gasteiger partial charge in [-0.2, -0.15) is 0 Å². The van der Waals surface area contributed by atoms with Gasteiger partial charge in [-0.25, -0.2) is 0 Å². The van der Waals surface area contributed by atoms with Crippen LogP contribution in [0.4, 0.5) is 5.69 Å². The summed E-state index contributed by atoms with van der Waals surface area (Å²) in [6.07, 6.45) is 0.538. The summed E-state index contributed by atoms with van der Waals surface area (Å²) >= 11 is 0. The fourth-order valence-electron chi connectivity index (χ4n) is 2.52. The van der Waals surface area contributed by atoms with Gasteiger partial charge in [0.05, 0.1) is 18.6 Å². The number of carboxylic acids is 1. The monoisotopic (exact) mass is 277 g/mol. The molecule has 1 heterocycles. The summed E-state index contributed by atoms with van der Waals surface area (Å²) in [7, 11) is 0. The molecule has 1 N–H and O–H groups in total. The smallest absolute Gasteiger partial charge is 0.309 e.